The lowest BCUT2D eigenvalue weighted by Gasteiger charge is -2.18. The van der Waals surface area contributed by atoms with Crippen molar-refractivity contribution in [1.82, 2.24) is 14.7 Å². The van der Waals surface area contributed by atoms with E-state index in [-0.39, 0.29) is 0 Å². The van der Waals surface area contributed by atoms with Crippen LogP contribution in [0.5, 0.6) is 0 Å². The lowest BCUT2D eigenvalue weighted by molar-refractivity contribution is 0.283. The normalized spacial score (nSPS) is 16.5. The number of nitrogens with zero attached hydrogens (tertiary/aromatic N) is 4. The molecule has 0 N–H and O–H groups in total. The monoisotopic (exact) mass is 392 g/mol. The predicted molar refractivity (Wildman–Crippen MR) is 111 cm³/mol. The summed E-state index contributed by atoms with van der Waals surface area (Å²) in [6.07, 6.45) is 6.38. The number of hydrogen-bond acceptors (Lipinski definition) is 4. The first kappa shape index (κ1) is 19.6. The highest BCUT2D eigenvalue weighted by Crippen LogP contribution is 2.23. The summed E-state index contributed by atoms with van der Waals surface area (Å²) >= 11 is 7.74. The molecule has 2 aromatic rings. The molecule has 4 nitrogen and oxygen atoms in total. The van der Waals surface area contributed by atoms with Crippen molar-refractivity contribution in [1.29, 1.82) is 0 Å². The van der Waals surface area contributed by atoms with Crippen LogP contribution in [0.1, 0.15) is 46.0 Å². The van der Waals surface area contributed by atoms with Crippen molar-refractivity contribution in [3.63, 3.8) is 0 Å². The third-order valence-electron chi connectivity index (χ3n) is 5.10. The Hall–Kier alpha value is -1.17. The minimum absolute atomic E-state index is 0.460. The van der Waals surface area contributed by atoms with Gasteiger partial charge in [0, 0.05) is 17.1 Å². The van der Waals surface area contributed by atoms with Gasteiger partial charge in [-0.2, -0.15) is 5.10 Å². The molecular weight excluding hydrogens is 364 g/mol. The zero-order valence-corrected chi connectivity index (χ0v) is 17.4. The standard InChI is InChI=1S/C20H29ClN4S/c1-3-24(4-2)14-15-25-20(22-18-8-6-5-7-9-18)26-19(23-25)16-10-12-17(21)13-11-16/h10-13,18H,3-9,14-15H2,1-2H3/b22-20+. The first-order valence-electron chi connectivity index (χ1n) is 9.79. The Morgan fingerprint density at radius 2 is 1.85 bits per heavy atom. The van der Waals surface area contributed by atoms with Crippen LogP contribution >= 0.6 is 22.9 Å². The van der Waals surface area contributed by atoms with Crippen LogP contribution in [-0.4, -0.2) is 40.4 Å². The first-order valence-corrected chi connectivity index (χ1v) is 11.0. The van der Waals surface area contributed by atoms with Crippen LogP contribution in [0, 0.1) is 0 Å². The van der Waals surface area contributed by atoms with Crippen molar-refractivity contribution in [2.45, 2.75) is 58.5 Å². The zero-order valence-electron chi connectivity index (χ0n) is 15.8. The molecule has 1 aliphatic carbocycles. The van der Waals surface area contributed by atoms with Gasteiger partial charge in [-0.1, -0.05) is 68.2 Å². The quantitative estimate of drug-likeness (QED) is 0.675. The summed E-state index contributed by atoms with van der Waals surface area (Å²) in [5, 5.41) is 6.67. The number of likely N-dealkylation sites (N-methyl/N-ethyl adjacent to an activating group) is 1. The fourth-order valence-electron chi connectivity index (χ4n) is 3.40. The van der Waals surface area contributed by atoms with Gasteiger partial charge < -0.3 is 4.90 Å². The zero-order chi connectivity index (χ0) is 18.4. The molecule has 1 fully saturated rings. The van der Waals surface area contributed by atoms with E-state index in [4.69, 9.17) is 21.7 Å². The highest BCUT2D eigenvalue weighted by molar-refractivity contribution is 7.12. The van der Waals surface area contributed by atoms with Gasteiger partial charge in [0.2, 0.25) is 4.80 Å². The Kier molecular flexibility index (Phi) is 7.29. The third kappa shape index (κ3) is 5.18. The fraction of sp³-hybridized carbons (Fsp3) is 0.600. The van der Waals surface area contributed by atoms with Crippen LogP contribution in [-0.2, 0) is 6.54 Å². The first-order chi connectivity index (χ1) is 12.7. The summed E-state index contributed by atoms with van der Waals surface area (Å²) in [5.74, 6) is 0. The molecule has 1 aromatic carbocycles. The summed E-state index contributed by atoms with van der Waals surface area (Å²) in [6.45, 7) is 8.45. The van der Waals surface area contributed by atoms with Crippen LogP contribution in [0.3, 0.4) is 0 Å². The van der Waals surface area contributed by atoms with Gasteiger partial charge in [0.1, 0.15) is 5.01 Å². The van der Waals surface area contributed by atoms with Crippen molar-refractivity contribution in [3.05, 3.63) is 34.1 Å². The van der Waals surface area contributed by atoms with Gasteiger partial charge in [-0.25, -0.2) is 4.68 Å². The van der Waals surface area contributed by atoms with Crippen molar-refractivity contribution in [2.75, 3.05) is 19.6 Å². The maximum absolute atomic E-state index is 6.03. The van der Waals surface area contributed by atoms with E-state index in [9.17, 15) is 0 Å². The van der Waals surface area contributed by atoms with Gasteiger partial charge in [-0.05, 0) is 38.1 Å². The Morgan fingerprint density at radius 1 is 1.15 bits per heavy atom. The van der Waals surface area contributed by atoms with E-state index >= 15 is 0 Å². The summed E-state index contributed by atoms with van der Waals surface area (Å²) in [6, 6.07) is 8.40. The molecule has 6 heteroatoms. The Morgan fingerprint density at radius 3 is 2.50 bits per heavy atom. The second-order valence-corrected chi connectivity index (χ2v) is 8.26. The fourth-order valence-corrected chi connectivity index (χ4v) is 4.53. The second kappa shape index (κ2) is 9.67. The molecule has 0 spiro atoms. The lowest BCUT2D eigenvalue weighted by Crippen LogP contribution is -2.30. The van der Waals surface area contributed by atoms with E-state index in [1.54, 1.807) is 11.3 Å². The van der Waals surface area contributed by atoms with Gasteiger partial charge in [0.05, 0.1) is 12.6 Å². The smallest absolute Gasteiger partial charge is 0.203 e. The van der Waals surface area contributed by atoms with Crippen molar-refractivity contribution < 1.29 is 0 Å². The van der Waals surface area contributed by atoms with Crippen molar-refractivity contribution in [2.24, 2.45) is 4.99 Å². The third-order valence-corrected chi connectivity index (χ3v) is 6.36. The van der Waals surface area contributed by atoms with Crippen LogP contribution in [0.2, 0.25) is 5.02 Å². The maximum atomic E-state index is 6.03. The van der Waals surface area contributed by atoms with E-state index in [0.29, 0.717) is 6.04 Å². The lowest BCUT2D eigenvalue weighted by atomic mass is 9.96. The van der Waals surface area contributed by atoms with Gasteiger partial charge in [-0.15, -0.1) is 0 Å². The summed E-state index contributed by atoms with van der Waals surface area (Å²) in [7, 11) is 0. The minimum Gasteiger partial charge on any atom is -0.302 e. The Balaban J connectivity index is 1.88. The summed E-state index contributed by atoms with van der Waals surface area (Å²) < 4.78 is 2.11. The van der Waals surface area contributed by atoms with Crippen molar-refractivity contribution in [3.8, 4) is 10.6 Å². The molecular formula is C20H29ClN4S. The molecule has 0 saturated heterocycles. The second-order valence-electron chi connectivity index (χ2n) is 6.87. The molecule has 3 rings (SSSR count). The van der Waals surface area contributed by atoms with Gasteiger partial charge in [0.15, 0.2) is 0 Å². The SMILES string of the molecule is CCN(CC)CCn1nc(-c2ccc(Cl)cc2)s/c1=N/C1CCCCC1. The highest BCUT2D eigenvalue weighted by atomic mass is 35.5. The van der Waals surface area contributed by atoms with E-state index in [1.807, 2.05) is 24.3 Å². The number of hydrogen-bond donors (Lipinski definition) is 0. The van der Waals surface area contributed by atoms with Crippen molar-refractivity contribution >= 4 is 22.9 Å². The Labute approximate surface area is 165 Å². The van der Waals surface area contributed by atoms with E-state index in [0.717, 1.165) is 46.6 Å². The molecule has 0 radical (unpaired) electrons. The van der Waals surface area contributed by atoms with Crippen LogP contribution < -0.4 is 4.80 Å². The largest absolute Gasteiger partial charge is 0.302 e. The average molecular weight is 393 g/mol. The number of benzene rings is 1. The minimum atomic E-state index is 0.460. The van der Waals surface area contributed by atoms with Crippen LogP contribution in [0.15, 0.2) is 29.3 Å². The Bertz CT molecular complexity index is 740. The van der Waals surface area contributed by atoms with Crippen LogP contribution in [0.25, 0.3) is 10.6 Å². The number of halogens is 1. The molecule has 0 atom stereocenters. The van der Waals surface area contributed by atoms with Gasteiger partial charge >= 0.3 is 0 Å². The molecule has 1 heterocycles. The molecule has 1 aliphatic rings. The molecule has 0 amide bonds. The van der Waals surface area contributed by atoms with E-state index in [2.05, 4.69) is 23.4 Å². The maximum Gasteiger partial charge on any atom is 0.203 e. The summed E-state index contributed by atoms with van der Waals surface area (Å²) in [5.41, 5.74) is 1.11. The predicted octanol–water partition coefficient (Wildman–Crippen LogP) is 4.84. The van der Waals surface area contributed by atoms with Gasteiger partial charge in [0.25, 0.3) is 0 Å². The van der Waals surface area contributed by atoms with E-state index < -0.39 is 0 Å². The van der Waals surface area contributed by atoms with E-state index in [1.165, 1.54) is 32.1 Å². The van der Waals surface area contributed by atoms with Gasteiger partial charge in [-0.3, -0.25) is 4.99 Å². The highest BCUT2D eigenvalue weighted by Gasteiger charge is 2.14. The molecule has 0 aliphatic heterocycles. The molecule has 1 aromatic heterocycles. The topological polar surface area (TPSA) is 33.4 Å². The number of aromatic nitrogens is 2. The molecule has 0 bridgehead atoms. The average Bonchev–Trinajstić information content (AvgIpc) is 3.07. The molecule has 1 saturated carbocycles. The van der Waals surface area contributed by atoms with Crippen LogP contribution in [0.4, 0.5) is 0 Å². The summed E-state index contributed by atoms with van der Waals surface area (Å²) in [4.78, 5) is 8.58. The molecule has 142 valence electrons. The molecule has 0 unspecified atom stereocenters. The molecule has 26 heavy (non-hydrogen) atoms. The number of rotatable bonds is 7.